The summed E-state index contributed by atoms with van der Waals surface area (Å²) in [6.45, 7) is 3.36. The van der Waals surface area contributed by atoms with Crippen LogP contribution in [0.2, 0.25) is 0 Å². The van der Waals surface area contributed by atoms with Gasteiger partial charge < -0.3 is 19.4 Å². The fourth-order valence-corrected chi connectivity index (χ4v) is 7.09. The third-order valence-electron chi connectivity index (χ3n) is 6.33. The predicted molar refractivity (Wildman–Crippen MR) is 132 cm³/mol. The number of hydrogen-bond acceptors (Lipinski definition) is 11. The maximum absolute atomic E-state index is 15.0. The molecule has 0 saturated heterocycles. The van der Waals surface area contributed by atoms with Crippen LogP contribution >= 0.6 is 11.8 Å². The zero-order valence-corrected chi connectivity index (χ0v) is 21.3. The Morgan fingerprint density at radius 3 is 2.86 bits per heavy atom. The molecule has 1 fully saturated rings. The molecule has 194 valence electrons. The first-order valence-electron chi connectivity index (χ1n) is 11.1. The number of hydrogen-bond donors (Lipinski definition) is 1. The number of ether oxygens (including phenoxy) is 1. The van der Waals surface area contributed by atoms with Crippen LogP contribution in [-0.2, 0) is 23.2 Å². The van der Waals surface area contributed by atoms with Crippen molar-refractivity contribution < 1.29 is 26.7 Å². The number of rotatable bonds is 8. The minimum Gasteiger partial charge on any atom is -0.772 e. The summed E-state index contributed by atoms with van der Waals surface area (Å²) in [5.41, 5.74) is 5.47. The molecule has 4 atom stereocenters. The largest absolute Gasteiger partial charge is 0.772 e. The molecule has 1 unspecified atom stereocenters. The Hall–Kier alpha value is -3.23. The van der Waals surface area contributed by atoms with Gasteiger partial charge in [0, 0.05) is 28.9 Å². The molecule has 0 bridgehead atoms. The Morgan fingerprint density at radius 1 is 1.38 bits per heavy atom. The number of aryl methyl sites for hydroxylation is 1. The monoisotopic (exact) mass is 547 g/mol. The molecule has 0 radical (unpaired) electrons. The van der Waals surface area contributed by atoms with E-state index in [-0.39, 0.29) is 46.5 Å². The Kier molecular flexibility index (Phi) is 6.58. The first kappa shape index (κ1) is 25.4. The van der Waals surface area contributed by atoms with Crippen molar-refractivity contribution in [1.82, 2.24) is 20.2 Å². The van der Waals surface area contributed by atoms with Gasteiger partial charge in [-0.2, -0.15) is 0 Å². The fourth-order valence-electron chi connectivity index (χ4n) is 4.57. The highest BCUT2D eigenvalue weighted by atomic mass is 32.2. The lowest BCUT2D eigenvalue weighted by molar-refractivity contribution is 0.250. The third-order valence-corrected chi connectivity index (χ3v) is 8.56. The van der Waals surface area contributed by atoms with Crippen molar-refractivity contribution in [2.75, 3.05) is 5.75 Å². The zero-order valence-electron chi connectivity index (χ0n) is 19.7. The van der Waals surface area contributed by atoms with E-state index < -0.39 is 33.0 Å². The molecule has 1 aliphatic heterocycles. The van der Waals surface area contributed by atoms with Gasteiger partial charge in [-0.25, -0.2) is 18.7 Å². The van der Waals surface area contributed by atoms with Gasteiger partial charge in [-0.05, 0) is 37.1 Å². The summed E-state index contributed by atoms with van der Waals surface area (Å²) in [5, 5.41) is 7.69. The number of aliphatic imine (C=N–C) groups is 1. The van der Waals surface area contributed by atoms with Crippen molar-refractivity contribution in [1.29, 1.82) is 0 Å². The molecule has 0 spiro atoms. The molecule has 5 rings (SSSR count). The lowest BCUT2D eigenvalue weighted by atomic mass is 9.85. The summed E-state index contributed by atoms with van der Waals surface area (Å²) in [6.07, 6.45) is 4.19. The molecule has 1 saturated carbocycles. The summed E-state index contributed by atoms with van der Waals surface area (Å²) in [5.74, 6) is -0.757. The van der Waals surface area contributed by atoms with Gasteiger partial charge in [0.15, 0.2) is 17.6 Å². The quantitative estimate of drug-likeness (QED) is 0.416. The van der Waals surface area contributed by atoms with Gasteiger partial charge in [0.2, 0.25) is 11.8 Å². The van der Waals surface area contributed by atoms with Crippen LogP contribution in [0.3, 0.4) is 0 Å². The molecule has 1 aliphatic carbocycles. The van der Waals surface area contributed by atoms with Gasteiger partial charge in [-0.3, -0.25) is 9.20 Å². The van der Waals surface area contributed by atoms with Crippen LogP contribution in [0.25, 0.3) is 11.9 Å². The normalized spacial score (nSPS) is 25.8. The van der Waals surface area contributed by atoms with Crippen LogP contribution in [-0.4, -0.2) is 44.6 Å². The van der Waals surface area contributed by atoms with E-state index >= 15 is 4.39 Å². The number of nitrogens with two attached hydrogens (primary N) is 1. The molecule has 2 aromatic heterocycles. The van der Waals surface area contributed by atoms with E-state index in [0.29, 0.717) is 17.9 Å². The van der Waals surface area contributed by atoms with Crippen molar-refractivity contribution in [3.05, 3.63) is 65.0 Å². The second kappa shape index (κ2) is 9.58. The van der Waals surface area contributed by atoms with E-state index in [1.54, 1.807) is 13.8 Å². The molecule has 10 nitrogen and oxygen atoms in total. The minimum atomic E-state index is -2.28. The van der Waals surface area contributed by atoms with Gasteiger partial charge in [-0.15, -0.1) is 10.2 Å². The summed E-state index contributed by atoms with van der Waals surface area (Å²) < 4.78 is 62.8. The third kappa shape index (κ3) is 5.13. The van der Waals surface area contributed by atoms with Crippen molar-refractivity contribution in [2.45, 2.75) is 37.2 Å². The SMILES string of the molecule is Cc1nnc(COc2cnc(/C(F)=C/c3ccc(F)c([C@@]4(C)N=C(N)S[C@]5(CS(=O)[O-])C[C@H]54)c3)cn2)o1. The average Bonchev–Trinajstić information content (AvgIpc) is 3.40. The van der Waals surface area contributed by atoms with Gasteiger partial charge in [0.25, 0.3) is 5.89 Å². The lowest BCUT2D eigenvalue weighted by Crippen LogP contribution is -2.38. The Balaban J connectivity index is 1.36. The van der Waals surface area contributed by atoms with Crippen LogP contribution in [0.1, 0.15) is 41.9 Å². The van der Waals surface area contributed by atoms with Crippen molar-refractivity contribution in [2.24, 2.45) is 16.6 Å². The molecule has 37 heavy (non-hydrogen) atoms. The van der Waals surface area contributed by atoms with Gasteiger partial charge in [0.1, 0.15) is 11.5 Å². The Bertz CT molecular complexity index is 1430. The fraction of sp³-hybridized carbons (Fsp3) is 0.348. The van der Waals surface area contributed by atoms with Gasteiger partial charge in [0.05, 0.1) is 17.9 Å². The molecule has 2 aliphatic rings. The van der Waals surface area contributed by atoms with Crippen molar-refractivity contribution >= 4 is 39.9 Å². The maximum atomic E-state index is 15.0. The highest BCUT2D eigenvalue weighted by Crippen LogP contribution is 2.66. The topological polar surface area (TPSA) is 152 Å². The van der Waals surface area contributed by atoms with E-state index in [1.165, 1.54) is 48.4 Å². The number of aromatic nitrogens is 4. The Labute approximate surface area is 217 Å². The summed E-state index contributed by atoms with van der Waals surface area (Å²) in [4.78, 5) is 12.6. The number of benzene rings is 1. The summed E-state index contributed by atoms with van der Waals surface area (Å²) in [7, 11) is 0. The van der Waals surface area contributed by atoms with Crippen LogP contribution < -0.4 is 10.5 Å². The first-order valence-corrected chi connectivity index (χ1v) is 13.2. The number of amidine groups is 1. The van der Waals surface area contributed by atoms with Crippen molar-refractivity contribution in [3.8, 4) is 5.88 Å². The molecular weight excluding hydrogens is 526 g/mol. The first-order chi connectivity index (χ1) is 17.6. The molecule has 3 heterocycles. The Morgan fingerprint density at radius 2 is 2.19 bits per heavy atom. The van der Waals surface area contributed by atoms with Crippen LogP contribution in [0.4, 0.5) is 8.78 Å². The smallest absolute Gasteiger partial charge is 0.253 e. The summed E-state index contributed by atoms with van der Waals surface area (Å²) in [6, 6.07) is 4.15. The van der Waals surface area contributed by atoms with Crippen LogP contribution in [0, 0.1) is 18.7 Å². The molecule has 1 aromatic carbocycles. The van der Waals surface area contributed by atoms with E-state index in [4.69, 9.17) is 14.9 Å². The molecular formula is C23H21F2N6O4S2-. The maximum Gasteiger partial charge on any atom is 0.253 e. The van der Waals surface area contributed by atoms with E-state index in [2.05, 4.69) is 25.2 Å². The zero-order chi connectivity index (χ0) is 26.4. The number of fused-ring (bicyclic) bond motifs is 1. The molecule has 3 aromatic rings. The van der Waals surface area contributed by atoms with E-state index in [9.17, 15) is 13.2 Å². The van der Waals surface area contributed by atoms with E-state index in [0.717, 1.165) is 0 Å². The van der Waals surface area contributed by atoms with Gasteiger partial charge >= 0.3 is 0 Å². The second-order valence-electron chi connectivity index (χ2n) is 8.94. The molecule has 0 amide bonds. The van der Waals surface area contributed by atoms with Crippen molar-refractivity contribution in [3.63, 3.8) is 0 Å². The van der Waals surface area contributed by atoms with E-state index in [1.807, 2.05) is 0 Å². The number of thioether (sulfide) groups is 1. The molecule has 2 N–H and O–H groups in total. The summed E-state index contributed by atoms with van der Waals surface area (Å²) >= 11 is -1.07. The predicted octanol–water partition coefficient (Wildman–Crippen LogP) is 3.27. The number of nitrogens with zero attached hydrogens (tertiary/aromatic N) is 5. The molecule has 14 heteroatoms. The minimum absolute atomic E-state index is 0.0111. The van der Waals surface area contributed by atoms with Gasteiger partial charge in [-0.1, -0.05) is 28.9 Å². The highest BCUT2D eigenvalue weighted by Gasteiger charge is 2.66. The highest BCUT2D eigenvalue weighted by molar-refractivity contribution is 8.15. The standard InChI is InChI=1S/C23H22F2N6O4S2/c1-12-30-31-20(35-12)10-34-19-9-27-17(8-28-19)16(25)6-13-3-4-15(24)14(5-13)22(2)18-7-23(18,11-37(32)33)36-21(26)29-22/h3-6,8-9,18H,7,10-11H2,1-2H3,(H2,26,29)(H,32,33)/p-1/b16-6-/t18-,22+,23-/m0/s1. The second-order valence-corrected chi connectivity index (χ2v) is 11.3. The van der Waals surface area contributed by atoms with Crippen LogP contribution in [0.15, 0.2) is 40.0 Å². The van der Waals surface area contributed by atoms with Crippen LogP contribution in [0.5, 0.6) is 5.88 Å². The number of halogens is 2. The lowest BCUT2D eigenvalue weighted by Gasteiger charge is -2.34. The average molecular weight is 548 g/mol.